The second-order valence-electron chi connectivity index (χ2n) is 4.44. The molecule has 0 aliphatic rings. The Morgan fingerprint density at radius 2 is 2.07 bits per heavy atom. The van der Waals surface area contributed by atoms with Gasteiger partial charge in [-0.1, -0.05) is 29.8 Å². The second-order valence-corrected chi connectivity index (χ2v) is 5.36. The minimum absolute atomic E-state index is 0.148. The molecule has 0 heterocycles. The van der Waals surface area contributed by atoms with Crippen LogP contribution in [0.1, 0.15) is 19.4 Å². The average molecular weight is 276 g/mol. The lowest BCUT2D eigenvalue weighted by Crippen LogP contribution is -2.26. The van der Waals surface area contributed by atoms with Gasteiger partial charge in [0.05, 0.1) is 0 Å². The minimum atomic E-state index is -0.604. The fourth-order valence-corrected chi connectivity index (χ4v) is 1.82. The van der Waals surface area contributed by atoms with E-state index in [-0.39, 0.29) is 11.2 Å². The van der Waals surface area contributed by atoms with E-state index in [4.69, 9.17) is 5.73 Å². The molecule has 1 aromatic rings. The number of aromatic hydroxyl groups is 1. The van der Waals surface area contributed by atoms with Crippen LogP contribution in [0.4, 0.5) is 4.39 Å². The van der Waals surface area contributed by atoms with Crippen LogP contribution in [0.2, 0.25) is 0 Å². The molecular weight excluding hydrogens is 261 g/mol. The number of halogens is 2. The molecular formula is C11H15BrFNO. The van der Waals surface area contributed by atoms with Gasteiger partial charge in [-0.15, -0.1) is 0 Å². The predicted octanol–water partition coefficient (Wildman–Crippen LogP) is 2.82. The highest BCUT2D eigenvalue weighted by atomic mass is 79.9. The van der Waals surface area contributed by atoms with E-state index in [1.807, 2.05) is 13.8 Å². The molecule has 15 heavy (non-hydrogen) atoms. The standard InChI is InChI=1S/C11H15BrFNO/c1-11(2,6-14)5-7-3-8(12)4-9(13)10(7)15/h3-4,15H,5-6,14H2,1-2H3. The molecule has 1 aromatic carbocycles. The quantitative estimate of drug-likeness (QED) is 0.891. The van der Waals surface area contributed by atoms with Crippen molar-refractivity contribution >= 4 is 15.9 Å². The molecule has 0 bridgehead atoms. The highest BCUT2D eigenvalue weighted by Crippen LogP contribution is 2.31. The summed E-state index contributed by atoms with van der Waals surface area (Å²) in [5, 5.41) is 9.54. The number of benzene rings is 1. The second kappa shape index (κ2) is 4.49. The van der Waals surface area contributed by atoms with Gasteiger partial charge in [0.15, 0.2) is 11.6 Å². The van der Waals surface area contributed by atoms with Crippen molar-refractivity contribution in [3.63, 3.8) is 0 Å². The van der Waals surface area contributed by atoms with E-state index < -0.39 is 5.82 Å². The summed E-state index contributed by atoms with van der Waals surface area (Å²) in [6, 6.07) is 2.96. The summed E-state index contributed by atoms with van der Waals surface area (Å²) in [7, 11) is 0. The van der Waals surface area contributed by atoms with Crippen molar-refractivity contribution in [3.8, 4) is 5.75 Å². The molecule has 0 unspecified atom stereocenters. The van der Waals surface area contributed by atoms with Crippen LogP contribution in [-0.4, -0.2) is 11.7 Å². The van der Waals surface area contributed by atoms with Gasteiger partial charge in [-0.3, -0.25) is 0 Å². The number of nitrogens with two attached hydrogens (primary N) is 1. The van der Waals surface area contributed by atoms with Crippen molar-refractivity contribution in [2.75, 3.05) is 6.54 Å². The number of hydrogen-bond donors (Lipinski definition) is 2. The Hall–Kier alpha value is -0.610. The van der Waals surface area contributed by atoms with Crippen LogP contribution >= 0.6 is 15.9 Å². The summed E-state index contributed by atoms with van der Waals surface area (Å²) in [4.78, 5) is 0. The molecule has 1 rings (SSSR count). The van der Waals surface area contributed by atoms with Gasteiger partial charge in [0.1, 0.15) is 0 Å². The van der Waals surface area contributed by atoms with E-state index in [0.29, 0.717) is 23.0 Å². The Labute approximate surface area is 97.4 Å². The highest BCUT2D eigenvalue weighted by molar-refractivity contribution is 9.10. The van der Waals surface area contributed by atoms with Gasteiger partial charge >= 0.3 is 0 Å². The van der Waals surface area contributed by atoms with Crippen LogP contribution < -0.4 is 5.73 Å². The van der Waals surface area contributed by atoms with E-state index in [1.165, 1.54) is 6.07 Å². The molecule has 3 N–H and O–H groups in total. The Morgan fingerprint density at radius 3 is 2.60 bits per heavy atom. The van der Waals surface area contributed by atoms with E-state index >= 15 is 0 Å². The van der Waals surface area contributed by atoms with Gasteiger partial charge < -0.3 is 10.8 Å². The van der Waals surface area contributed by atoms with E-state index in [1.54, 1.807) is 6.07 Å². The van der Waals surface area contributed by atoms with Gasteiger partial charge in [-0.2, -0.15) is 0 Å². The molecule has 0 amide bonds. The van der Waals surface area contributed by atoms with E-state index in [2.05, 4.69) is 15.9 Å². The van der Waals surface area contributed by atoms with E-state index in [0.717, 1.165) is 0 Å². The fraction of sp³-hybridized carbons (Fsp3) is 0.455. The first-order chi connectivity index (χ1) is 6.85. The van der Waals surface area contributed by atoms with E-state index in [9.17, 15) is 9.50 Å². The molecule has 0 aromatic heterocycles. The van der Waals surface area contributed by atoms with Gasteiger partial charge in [-0.25, -0.2) is 4.39 Å². The first-order valence-corrected chi connectivity index (χ1v) is 5.52. The average Bonchev–Trinajstić information content (AvgIpc) is 2.13. The van der Waals surface area contributed by atoms with Crippen molar-refractivity contribution in [1.29, 1.82) is 0 Å². The summed E-state index contributed by atoms with van der Waals surface area (Å²) >= 11 is 3.19. The van der Waals surface area contributed by atoms with Crippen LogP contribution in [0.3, 0.4) is 0 Å². The van der Waals surface area contributed by atoms with Gasteiger partial charge in [-0.05, 0) is 36.1 Å². The lowest BCUT2D eigenvalue weighted by Gasteiger charge is -2.23. The topological polar surface area (TPSA) is 46.2 Å². The summed E-state index contributed by atoms with van der Waals surface area (Å²) in [6.07, 6.45) is 0.547. The van der Waals surface area contributed by atoms with Crippen molar-refractivity contribution < 1.29 is 9.50 Å². The maximum atomic E-state index is 13.2. The Morgan fingerprint density at radius 1 is 1.47 bits per heavy atom. The van der Waals surface area contributed by atoms with Crippen LogP contribution in [-0.2, 0) is 6.42 Å². The number of phenols is 1. The number of hydrogen-bond acceptors (Lipinski definition) is 2. The summed E-state index contributed by atoms with van der Waals surface area (Å²) < 4.78 is 13.8. The lowest BCUT2D eigenvalue weighted by atomic mass is 9.85. The summed E-state index contributed by atoms with van der Waals surface area (Å²) in [5.41, 5.74) is 6.03. The lowest BCUT2D eigenvalue weighted by molar-refractivity contribution is 0.360. The molecule has 2 nitrogen and oxygen atoms in total. The zero-order valence-electron chi connectivity index (χ0n) is 8.85. The van der Waals surface area contributed by atoms with Gasteiger partial charge in [0.2, 0.25) is 0 Å². The molecule has 84 valence electrons. The van der Waals surface area contributed by atoms with Crippen molar-refractivity contribution in [3.05, 3.63) is 28.0 Å². The molecule has 0 fully saturated rings. The maximum absolute atomic E-state index is 13.2. The Kier molecular flexibility index (Phi) is 3.73. The largest absolute Gasteiger partial charge is 0.505 e. The zero-order valence-corrected chi connectivity index (χ0v) is 10.4. The van der Waals surface area contributed by atoms with Crippen LogP contribution in [0, 0.1) is 11.2 Å². The summed E-state index contributed by atoms with van der Waals surface area (Å²) in [6.45, 7) is 4.44. The Bertz CT molecular complexity index is 366. The monoisotopic (exact) mass is 275 g/mol. The summed E-state index contributed by atoms with van der Waals surface area (Å²) in [5.74, 6) is -0.882. The molecule has 0 radical (unpaired) electrons. The maximum Gasteiger partial charge on any atom is 0.166 e. The zero-order chi connectivity index (χ0) is 11.6. The third-order valence-corrected chi connectivity index (χ3v) is 2.79. The van der Waals surface area contributed by atoms with Crippen LogP contribution in [0.15, 0.2) is 16.6 Å². The molecule has 0 saturated heterocycles. The fourth-order valence-electron chi connectivity index (χ4n) is 1.34. The Balaban J connectivity index is 3.05. The normalized spacial score (nSPS) is 11.8. The van der Waals surface area contributed by atoms with Gasteiger partial charge in [0.25, 0.3) is 0 Å². The first kappa shape index (κ1) is 12.5. The van der Waals surface area contributed by atoms with Crippen molar-refractivity contribution in [2.24, 2.45) is 11.1 Å². The smallest absolute Gasteiger partial charge is 0.166 e. The molecule has 0 aliphatic carbocycles. The van der Waals surface area contributed by atoms with Crippen molar-refractivity contribution in [2.45, 2.75) is 20.3 Å². The number of rotatable bonds is 3. The molecule has 0 spiro atoms. The number of phenolic OH excluding ortho intramolecular Hbond substituents is 1. The van der Waals surface area contributed by atoms with Crippen molar-refractivity contribution in [1.82, 2.24) is 0 Å². The first-order valence-electron chi connectivity index (χ1n) is 4.73. The SMILES string of the molecule is CC(C)(CN)Cc1cc(Br)cc(F)c1O. The minimum Gasteiger partial charge on any atom is -0.505 e. The molecule has 4 heteroatoms. The molecule has 0 aliphatic heterocycles. The third kappa shape index (κ3) is 3.18. The third-order valence-electron chi connectivity index (χ3n) is 2.33. The molecule has 0 atom stereocenters. The van der Waals surface area contributed by atoms with Gasteiger partial charge in [0, 0.05) is 4.47 Å². The van der Waals surface area contributed by atoms with Crippen LogP contribution in [0.25, 0.3) is 0 Å². The predicted molar refractivity (Wildman–Crippen MR) is 62.3 cm³/mol. The van der Waals surface area contributed by atoms with Crippen LogP contribution in [0.5, 0.6) is 5.75 Å². The molecule has 0 saturated carbocycles. The highest BCUT2D eigenvalue weighted by Gasteiger charge is 2.20.